The smallest absolute Gasteiger partial charge is 0.258 e. The van der Waals surface area contributed by atoms with Crippen LogP contribution in [0.1, 0.15) is 19.3 Å². The van der Waals surface area contributed by atoms with Crippen LogP contribution in [0.2, 0.25) is 5.02 Å². The fourth-order valence-electron chi connectivity index (χ4n) is 3.32. The molecule has 2 aliphatic rings. The van der Waals surface area contributed by atoms with Crippen LogP contribution in [0.3, 0.4) is 0 Å². The highest BCUT2D eigenvalue weighted by molar-refractivity contribution is 6.35. The van der Waals surface area contributed by atoms with Crippen molar-refractivity contribution in [2.45, 2.75) is 31.3 Å². The summed E-state index contributed by atoms with van der Waals surface area (Å²) in [5.74, 6) is 0.493. The Morgan fingerprint density at radius 1 is 1.33 bits per heavy atom. The normalized spacial score (nSPS) is 21.1. The molecule has 1 aliphatic carbocycles. The summed E-state index contributed by atoms with van der Waals surface area (Å²) in [6, 6.07) is 8.24. The zero-order chi connectivity index (χ0) is 16.5. The van der Waals surface area contributed by atoms with Gasteiger partial charge in [-0.2, -0.15) is 0 Å². The van der Waals surface area contributed by atoms with Crippen LogP contribution in [0.15, 0.2) is 30.5 Å². The van der Waals surface area contributed by atoms with Gasteiger partial charge in [-0.05, 0) is 43.5 Å². The van der Waals surface area contributed by atoms with Crippen LogP contribution in [0.5, 0.6) is 5.75 Å². The number of pyridine rings is 1. The summed E-state index contributed by atoms with van der Waals surface area (Å²) < 4.78 is 5.69. The maximum Gasteiger partial charge on any atom is 0.258 e. The van der Waals surface area contributed by atoms with E-state index in [0.29, 0.717) is 16.3 Å². The van der Waals surface area contributed by atoms with E-state index in [4.69, 9.17) is 16.3 Å². The number of ether oxygens (including phenoxy) is 1. The molecule has 126 valence electrons. The topological polar surface area (TPSA) is 54.5 Å². The lowest BCUT2D eigenvalue weighted by Crippen LogP contribution is -2.40. The first-order valence-corrected chi connectivity index (χ1v) is 8.78. The number of benzene rings is 1. The monoisotopic (exact) mass is 345 g/mol. The number of hydrogen-bond acceptors (Lipinski definition) is 4. The largest absolute Gasteiger partial charge is 0.481 e. The summed E-state index contributed by atoms with van der Waals surface area (Å²) in [7, 11) is 0. The molecule has 0 bridgehead atoms. The van der Waals surface area contributed by atoms with Crippen molar-refractivity contribution in [2.24, 2.45) is 0 Å². The quantitative estimate of drug-likeness (QED) is 0.905. The zero-order valence-corrected chi connectivity index (χ0v) is 14.1. The number of rotatable bonds is 5. The number of aromatic nitrogens is 1. The first-order chi connectivity index (χ1) is 11.7. The number of amides is 1. The van der Waals surface area contributed by atoms with Crippen LogP contribution in [-0.4, -0.2) is 47.6 Å². The first kappa shape index (κ1) is 15.7. The van der Waals surface area contributed by atoms with Crippen LogP contribution in [0, 0.1) is 0 Å². The molecule has 1 aromatic carbocycles. The number of hydrogen-bond donors (Lipinski definition) is 1. The summed E-state index contributed by atoms with van der Waals surface area (Å²) in [6.45, 7) is 2.04. The number of carbonyl (C=O) groups excluding carboxylic acids is 1. The van der Waals surface area contributed by atoms with Gasteiger partial charge in [0.15, 0.2) is 6.61 Å². The van der Waals surface area contributed by atoms with E-state index in [1.807, 2.05) is 12.1 Å². The standard InChI is InChI=1S/C18H20ClN3O2/c19-15-5-6-16(18-14(15)2-1-8-20-18)24-11-17(23)21-12-7-9-22(10-12)13-3-4-13/h1-2,5-6,8,12-13H,3-4,7,9-11H2,(H,21,23)/t12-/m0/s1. The highest BCUT2D eigenvalue weighted by Crippen LogP contribution is 2.30. The van der Waals surface area contributed by atoms with Gasteiger partial charge in [0.1, 0.15) is 11.3 Å². The minimum atomic E-state index is -0.0864. The minimum Gasteiger partial charge on any atom is -0.481 e. The molecule has 1 N–H and O–H groups in total. The van der Waals surface area contributed by atoms with Gasteiger partial charge in [0.05, 0.1) is 5.02 Å². The maximum absolute atomic E-state index is 12.2. The third-order valence-corrected chi connectivity index (χ3v) is 5.02. The van der Waals surface area contributed by atoms with Crippen LogP contribution in [0.4, 0.5) is 0 Å². The molecule has 6 heteroatoms. The van der Waals surface area contributed by atoms with Crippen molar-refractivity contribution in [1.82, 2.24) is 15.2 Å². The molecule has 1 aliphatic heterocycles. The molecule has 1 atom stereocenters. The second-order valence-electron chi connectivity index (χ2n) is 6.51. The lowest BCUT2D eigenvalue weighted by Gasteiger charge is -2.16. The van der Waals surface area contributed by atoms with Gasteiger partial charge >= 0.3 is 0 Å². The van der Waals surface area contributed by atoms with Crippen LogP contribution >= 0.6 is 11.6 Å². The Bertz CT molecular complexity index is 763. The van der Waals surface area contributed by atoms with E-state index in [-0.39, 0.29) is 18.6 Å². The molecule has 2 fully saturated rings. The number of nitrogens with one attached hydrogen (secondary N) is 1. The molecule has 4 rings (SSSR count). The van der Waals surface area contributed by atoms with Crippen molar-refractivity contribution >= 4 is 28.4 Å². The van der Waals surface area contributed by atoms with Gasteiger partial charge in [0.25, 0.3) is 5.91 Å². The molecule has 0 unspecified atom stereocenters. The molecule has 1 saturated carbocycles. The Morgan fingerprint density at radius 2 is 2.21 bits per heavy atom. The van der Waals surface area contributed by atoms with E-state index in [2.05, 4.69) is 15.2 Å². The number of halogens is 1. The highest BCUT2D eigenvalue weighted by Gasteiger charge is 2.34. The van der Waals surface area contributed by atoms with E-state index in [0.717, 1.165) is 30.9 Å². The molecule has 1 aromatic heterocycles. The molecule has 1 amide bonds. The Morgan fingerprint density at radius 3 is 3.04 bits per heavy atom. The van der Waals surface area contributed by atoms with Crippen molar-refractivity contribution in [3.05, 3.63) is 35.5 Å². The summed E-state index contributed by atoms with van der Waals surface area (Å²) in [5.41, 5.74) is 0.679. The van der Waals surface area contributed by atoms with E-state index in [1.54, 1.807) is 18.3 Å². The molecule has 2 heterocycles. The molecule has 0 spiro atoms. The van der Waals surface area contributed by atoms with Gasteiger partial charge in [0.2, 0.25) is 0 Å². The fourth-order valence-corrected chi connectivity index (χ4v) is 3.53. The molecule has 24 heavy (non-hydrogen) atoms. The van der Waals surface area contributed by atoms with Crippen molar-refractivity contribution in [3.8, 4) is 5.75 Å². The van der Waals surface area contributed by atoms with Gasteiger partial charge < -0.3 is 10.1 Å². The van der Waals surface area contributed by atoms with Crippen molar-refractivity contribution < 1.29 is 9.53 Å². The van der Waals surface area contributed by atoms with Gasteiger partial charge in [-0.25, -0.2) is 0 Å². The second-order valence-corrected chi connectivity index (χ2v) is 6.92. The summed E-state index contributed by atoms with van der Waals surface area (Å²) in [6.07, 6.45) is 5.32. The predicted molar refractivity (Wildman–Crippen MR) is 93.4 cm³/mol. The summed E-state index contributed by atoms with van der Waals surface area (Å²) >= 11 is 6.17. The van der Waals surface area contributed by atoms with Crippen LogP contribution < -0.4 is 10.1 Å². The molecular formula is C18H20ClN3O2. The van der Waals surface area contributed by atoms with Gasteiger partial charge in [-0.1, -0.05) is 11.6 Å². The lowest BCUT2D eigenvalue weighted by atomic mass is 10.2. The first-order valence-electron chi connectivity index (χ1n) is 8.40. The van der Waals surface area contributed by atoms with E-state index >= 15 is 0 Å². The Labute approximate surface area is 145 Å². The van der Waals surface area contributed by atoms with Crippen molar-refractivity contribution in [1.29, 1.82) is 0 Å². The minimum absolute atomic E-state index is 0.00671. The molecule has 1 saturated heterocycles. The van der Waals surface area contributed by atoms with E-state index < -0.39 is 0 Å². The lowest BCUT2D eigenvalue weighted by molar-refractivity contribution is -0.123. The number of nitrogens with zero attached hydrogens (tertiary/aromatic N) is 2. The Kier molecular flexibility index (Phi) is 4.29. The third kappa shape index (κ3) is 3.32. The predicted octanol–water partition coefficient (Wildman–Crippen LogP) is 2.62. The van der Waals surface area contributed by atoms with Crippen molar-refractivity contribution in [2.75, 3.05) is 19.7 Å². The average Bonchev–Trinajstić information content (AvgIpc) is 3.35. The van der Waals surface area contributed by atoms with Crippen LogP contribution in [0.25, 0.3) is 10.9 Å². The SMILES string of the molecule is O=C(COc1ccc(Cl)c2cccnc12)N[C@H]1CCN(C2CC2)C1. The molecule has 5 nitrogen and oxygen atoms in total. The van der Waals surface area contributed by atoms with Crippen molar-refractivity contribution in [3.63, 3.8) is 0 Å². The van der Waals surface area contributed by atoms with Gasteiger partial charge in [-0.3, -0.25) is 14.7 Å². The zero-order valence-electron chi connectivity index (χ0n) is 13.4. The molecule has 2 aromatic rings. The van der Waals surface area contributed by atoms with E-state index in [9.17, 15) is 4.79 Å². The second kappa shape index (κ2) is 6.57. The Hall–Kier alpha value is -1.85. The molecular weight excluding hydrogens is 326 g/mol. The van der Waals surface area contributed by atoms with E-state index in [1.165, 1.54) is 12.8 Å². The fraction of sp³-hybridized carbons (Fsp3) is 0.444. The number of likely N-dealkylation sites (tertiary alicyclic amines) is 1. The molecule has 0 radical (unpaired) electrons. The third-order valence-electron chi connectivity index (χ3n) is 4.69. The highest BCUT2D eigenvalue weighted by atomic mass is 35.5. The average molecular weight is 346 g/mol. The van der Waals surface area contributed by atoms with Gasteiger partial charge in [-0.15, -0.1) is 0 Å². The van der Waals surface area contributed by atoms with Gasteiger partial charge in [0, 0.05) is 36.8 Å². The summed E-state index contributed by atoms with van der Waals surface area (Å²) in [4.78, 5) is 19.0. The van der Waals surface area contributed by atoms with Crippen LogP contribution in [-0.2, 0) is 4.79 Å². The summed E-state index contributed by atoms with van der Waals surface area (Å²) in [5, 5.41) is 4.52. The maximum atomic E-state index is 12.2. The number of fused-ring (bicyclic) bond motifs is 1. The Balaban J connectivity index is 1.35. The number of carbonyl (C=O) groups is 1.